The first-order valence-corrected chi connectivity index (χ1v) is 7.53. The number of thiazole rings is 1. The average molecular weight is 286 g/mol. The molecule has 0 spiro atoms. The Morgan fingerprint density at radius 3 is 2.80 bits per heavy atom. The average Bonchev–Trinajstić information content (AvgIpc) is 2.94. The smallest absolute Gasteiger partial charge is 0.113 e. The summed E-state index contributed by atoms with van der Waals surface area (Å²) < 4.78 is 2.25. The lowest BCUT2D eigenvalue weighted by Gasteiger charge is -2.09. The Morgan fingerprint density at radius 2 is 2.15 bits per heavy atom. The van der Waals surface area contributed by atoms with Gasteiger partial charge in [0.15, 0.2) is 0 Å². The molecule has 2 N–H and O–H groups in total. The molecule has 104 valence electrons. The Bertz CT molecular complexity index is 754. The third-order valence-corrected chi connectivity index (χ3v) is 4.18. The van der Waals surface area contributed by atoms with E-state index in [4.69, 9.17) is 10.7 Å². The molecule has 0 unspecified atom stereocenters. The summed E-state index contributed by atoms with van der Waals surface area (Å²) in [5.74, 6) is 1.45. The Labute approximate surface area is 122 Å². The quantitative estimate of drug-likeness (QED) is 0.749. The van der Waals surface area contributed by atoms with Crippen molar-refractivity contribution in [1.29, 1.82) is 0 Å². The fraction of sp³-hybridized carbons (Fsp3) is 0.333. The fourth-order valence-electron chi connectivity index (χ4n) is 2.38. The summed E-state index contributed by atoms with van der Waals surface area (Å²) in [6.45, 7) is 7.17. The van der Waals surface area contributed by atoms with Gasteiger partial charge in [0.05, 0.1) is 17.6 Å². The van der Waals surface area contributed by atoms with Crippen LogP contribution in [0.1, 0.15) is 35.5 Å². The molecule has 0 aliphatic carbocycles. The summed E-state index contributed by atoms with van der Waals surface area (Å²) in [4.78, 5) is 10.4. The molecule has 0 fully saturated rings. The van der Waals surface area contributed by atoms with Crippen LogP contribution in [0.2, 0.25) is 0 Å². The number of benzene rings is 1. The largest absolute Gasteiger partial charge is 0.399 e. The number of nitrogen functional groups attached to an aromatic ring is 1. The van der Waals surface area contributed by atoms with E-state index in [2.05, 4.69) is 30.3 Å². The summed E-state index contributed by atoms with van der Waals surface area (Å²) in [5, 5.41) is 1.11. The second-order valence-electron chi connectivity index (χ2n) is 5.32. The van der Waals surface area contributed by atoms with Crippen LogP contribution in [0, 0.1) is 6.92 Å². The van der Waals surface area contributed by atoms with E-state index in [-0.39, 0.29) is 0 Å². The Morgan fingerprint density at radius 1 is 1.35 bits per heavy atom. The standard InChI is InChI=1S/C15H18N4S/c1-9(2)15-18-12-6-11(16)4-5-13(12)19(15)8-14-17-7-10(3)20-14/h4-7,9H,8,16H2,1-3H3. The second kappa shape index (κ2) is 4.90. The van der Waals surface area contributed by atoms with E-state index in [1.165, 1.54) is 4.88 Å². The van der Waals surface area contributed by atoms with E-state index in [9.17, 15) is 0 Å². The SMILES string of the molecule is Cc1cnc(Cn2c(C(C)C)nc3cc(N)ccc32)s1. The predicted molar refractivity (Wildman–Crippen MR) is 84.2 cm³/mol. The van der Waals surface area contributed by atoms with Gasteiger partial charge in [-0.2, -0.15) is 0 Å². The number of fused-ring (bicyclic) bond motifs is 1. The number of rotatable bonds is 3. The lowest BCUT2D eigenvalue weighted by atomic mass is 10.2. The molecule has 0 saturated heterocycles. The first kappa shape index (κ1) is 13.1. The van der Waals surface area contributed by atoms with Crippen LogP contribution in [0.4, 0.5) is 5.69 Å². The maximum Gasteiger partial charge on any atom is 0.113 e. The number of anilines is 1. The van der Waals surface area contributed by atoms with Gasteiger partial charge in [0.2, 0.25) is 0 Å². The monoisotopic (exact) mass is 286 g/mol. The zero-order chi connectivity index (χ0) is 14.3. The van der Waals surface area contributed by atoms with Crippen molar-refractivity contribution in [2.45, 2.75) is 33.2 Å². The van der Waals surface area contributed by atoms with Gasteiger partial charge >= 0.3 is 0 Å². The highest BCUT2D eigenvalue weighted by atomic mass is 32.1. The van der Waals surface area contributed by atoms with Crippen LogP contribution >= 0.6 is 11.3 Å². The van der Waals surface area contributed by atoms with Crippen LogP contribution in [0.15, 0.2) is 24.4 Å². The molecule has 2 heterocycles. The molecule has 20 heavy (non-hydrogen) atoms. The molecular weight excluding hydrogens is 268 g/mol. The molecule has 2 aromatic heterocycles. The van der Waals surface area contributed by atoms with Gasteiger partial charge in [-0.3, -0.25) is 0 Å². The molecule has 0 amide bonds. The maximum absolute atomic E-state index is 5.86. The highest BCUT2D eigenvalue weighted by Crippen LogP contribution is 2.25. The Hall–Kier alpha value is -1.88. The molecule has 3 rings (SSSR count). The number of aryl methyl sites for hydroxylation is 1. The highest BCUT2D eigenvalue weighted by molar-refractivity contribution is 7.11. The van der Waals surface area contributed by atoms with Crippen molar-refractivity contribution in [1.82, 2.24) is 14.5 Å². The predicted octanol–water partition coefficient (Wildman–Crippen LogP) is 3.56. The van der Waals surface area contributed by atoms with Crippen molar-refractivity contribution in [3.63, 3.8) is 0 Å². The lowest BCUT2D eigenvalue weighted by Crippen LogP contribution is -2.06. The number of aromatic nitrogens is 3. The third kappa shape index (κ3) is 2.29. The Kier molecular flexibility index (Phi) is 3.22. The van der Waals surface area contributed by atoms with E-state index in [0.717, 1.165) is 34.1 Å². The molecule has 0 aliphatic heterocycles. The zero-order valence-electron chi connectivity index (χ0n) is 11.9. The second-order valence-corrected chi connectivity index (χ2v) is 6.64. The minimum Gasteiger partial charge on any atom is -0.399 e. The van der Waals surface area contributed by atoms with E-state index in [1.807, 2.05) is 24.4 Å². The van der Waals surface area contributed by atoms with Gasteiger partial charge in [-0.25, -0.2) is 9.97 Å². The van der Waals surface area contributed by atoms with Gasteiger partial charge in [-0.15, -0.1) is 11.3 Å². The number of hydrogen-bond donors (Lipinski definition) is 1. The van der Waals surface area contributed by atoms with Crippen LogP contribution < -0.4 is 5.73 Å². The van der Waals surface area contributed by atoms with E-state index in [1.54, 1.807) is 11.3 Å². The van der Waals surface area contributed by atoms with Gasteiger partial charge in [-0.1, -0.05) is 13.8 Å². The lowest BCUT2D eigenvalue weighted by molar-refractivity contribution is 0.681. The molecule has 5 heteroatoms. The summed E-state index contributed by atoms with van der Waals surface area (Å²) in [6.07, 6.45) is 1.92. The summed E-state index contributed by atoms with van der Waals surface area (Å²) in [7, 11) is 0. The fourth-order valence-corrected chi connectivity index (χ4v) is 3.16. The minimum atomic E-state index is 0.365. The number of nitrogens with two attached hydrogens (primary N) is 1. The molecule has 0 radical (unpaired) electrons. The van der Waals surface area contributed by atoms with Gasteiger partial charge < -0.3 is 10.3 Å². The van der Waals surface area contributed by atoms with Crippen molar-refractivity contribution in [3.05, 3.63) is 40.1 Å². The van der Waals surface area contributed by atoms with E-state index in [0.29, 0.717) is 5.92 Å². The molecule has 4 nitrogen and oxygen atoms in total. The number of hydrogen-bond acceptors (Lipinski definition) is 4. The van der Waals surface area contributed by atoms with Crippen molar-refractivity contribution < 1.29 is 0 Å². The van der Waals surface area contributed by atoms with Crippen LogP contribution in [0.3, 0.4) is 0 Å². The molecule has 0 aliphatic rings. The van der Waals surface area contributed by atoms with Gasteiger partial charge in [0.1, 0.15) is 10.8 Å². The van der Waals surface area contributed by atoms with Gasteiger partial charge in [-0.05, 0) is 25.1 Å². The van der Waals surface area contributed by atoms with Gasteiger partial charge in [0.25, 0.3) is 0 Å². The van der Waals surface area contributed by atoms with E-state index < -0.39 is 0 Å². The van der Waals surface area contributed by atoms with Crippen molar-refractivity contribution in [2.24, 2.45) is 0 Å². The summed E-state index contributed by atoms with van der Waals surface area (Å²) in [5.41, 5.74) is 8.69. The molecule has 1 aromatic carbocycles. The van der Waals surface area contributed by atoms with E-state index >= 15 is 0 Å². The number of imidazole rings is 1. The first-order valence-electron chi connectivity index (χ1n) is 6.71. The minimum absolute atomic E-state index is 0.365. The highest BCUT2D eigenvalue weighted by Gasteiger charge is 2.15. The number of nitrogens with zero attached hydrogens (tertiary/aromatic N) is 3. The Balaban J connectivity index is 2.13. The van der Waals surface area contributed by atoms with Gasteiger partial charge in [0, 0.05) is 22.7 Å². The van der Waals surface area contributed by atoms with Crippen molar-refractivity contribution >= 4 is 28.1 Å². The molecule has 3 aromatic rings. The molecule has 0 bridgehead atoms. The van der Waals surface area contributed by atoms with Crippen molar-refractivity contribution in [2.75, 3.05) is 5.73 Å². The summed E-state index contributed by atoms with van der Waals surface area (Å²) in [6, 6.07) is 5.91. The zero-order valence-corrected chi connectivity index (χ0v) is 12.7. The maximum atomic E-state index is 5.86. The topological polar surface area (TPSA) is 56.7 Å². The summed E-state index contributed by atoms with van der Waals surface area (Å²) >= 11 is 1.73. The molecule has 0 atom stereocenters. The first-order chi connectivity index (χ1) is 9.54. The van der Waals surface area contributed by atoms with Crippen molar-refractivity contribution in [3.8, 4) is 0 Å². The van der Waals surface area contributed by atoms with Crippen LogP contribution in [-0.4, -0.2) is 14.5 Å². The normalized spacial score (nSPS) is 11.6. The van der Waals surface area contributed by atoms with Crippen LogP contribution in [0.5, 0.6) is 0 Å². The third-order valence-electron chi connectivity index (χ3n) is 3.28. The van der Waals surface area contributed by atoms with Crippen LogP contribution in [0.25, 0.3) is 11.0 Å². The molecule has 0 saturated carbocycles. The van der Waals surface area contributed by atoms with Crippen LogP contribution in [-0.2, 0) is 6.54 Å². The molecular formula is C15H18N4S.